The molecule has 15 nitrogen and oxygen atoms in total. The second-order valence-corrected chi connectivity index (χ2v) is 9.82. The van der Waals surface area contributed by atoms with Crippen LogP contribution in [0.4, 0.5) is 0 Å². The fourth-order valence-corrected chi connectivity index (χ4v) is 4.93. The van der Waals surface area contributed by atoms with E-state index in [4.69, 9.17) is 18.6 Å². The van der Waals surface area contributed by atoms with Crippen molar-refractivity contribution in [2.45, 2.75) is 55.1 Å². The summed E-state index contributed by atoms with van der Waals surface area (Å²) in [6, 6.07) is 5.65. The van der Waals surface area contributed by atoms with Gasteiger partial charge in [0.15, 0.2) is 23.2 Å². The Kier molecular flexibility index (Phi) is 7.82. The quantitative estimate of drug-likeness (QED) is 0.150. The zero-order valence-electron chi connectivity index (χ0n) is 21.0. The van der Waals surface area contributed by atoms with E-state index in [0.717, 1.165) is 18.2 Å². The maximum Gasteiger partial charge on any atom is 0.197 e. The Morgan fingerprint density at radius 3 is 2.27 bits per heavy atom. The van der Waals surface area contributed by atoms with Crippen molar-refractivity contribution in [3.63, 3.8) is 0 Å². The highest BCUT2D eigenvalue weighted by atomic mass is 16.7. The minimum Gasteiger partial charge on any atom is -0.507 e. The summed E-state index contributed by atoms with van der Waals surface area (Å²) in [5.41, 5.74) is -1.31. The number of hydrogen-bond acceptors (Lipinski definition) is 15. The Hall–Kier alpha value is -3.51. The molecular formula is C26H28O15. The van der Waals surface area contributed by atoms with E-state index in [1.807, 2.05) is 0 Å². The Bertz CT molecular complexity index is 1490. The number of rotatable bonds is 5. The van der Waals surface area contributed by atoms with Crippen molar-refractivity contribution < 1.29 is 69.7 Å². The van der Waals surface area contributed by atoms with E-state index < -0.39 is 108 Å². The molecule has 0 saturated carbocycles. The van der Waals surface area contributed by atoms with Crippen LogP contribution in [0.2, 0.25) is 0 Å². The zero-order valence-corrected chi connectivity index (χ0v) is 21.0. The first-order valence-electron chi connectivity index (χ1n) is 12.4. The molecule has 0 radical (unpaired) electrons. The summed E-state index contributed by atoms with van der Waals surface area (Å²) in [5.74, 6) is -2.45. The lowest BCUT2D eigenvalue weighted by molar-refractivity contribution is -0.336. The van der Waals surface area contributed by atoms with Gasteiger partial charge in [-0.15, -0.1) is 0 Å². The third-order valence-corrected chi connectivity index (χ3v) is 7.17. The van der Waals surface area contributed by atoms with Gasteiger partial charge in [0.1, 0.15) is 77.1 Å². The maximum atomic E-state index is 13.1. The van der Waals surface area contributed by atoms with Gasteiger partial charge < -0.3 is 69.7 Å². The molecule has 3 heterocycles. The summed E-state index contributed by atoms with van der Waals surface area (Å²) in [5, 5.41) is 102. The van der Waals surface area contributed by atoms with Gasteiger partial charge in [0.05, 0.1) is 18.8 Å². The van der Waals surface area contributed by atoms with Crippen LogP contribution in [0.3, 0.4) is 0 Å². The van der Waals surface area contributed by atoms with Crippen LogP contribution in [0.15, 0.2) is 39.5 Å². The first kappa shape index (κ1) is 29.0. The molecule has 2 aromatic carbocycles. The minimum atomic E-state index is -1.89. The van der Waals surface area contributed by atoms with Crippen molar-refractivity contribution in [2.75, 3.05) is 13.2 Å². The van der Waals surface area contributed by atoms with E-state index in [1.165, 1.54) is 12.1 Å². The van der Waals surface area contributed by atoms with Crippen LogP contribution in [-0.4, -0.2) is 113 Å². The summed E-state index contributed by atoms with van der Waals surface area (Å²) in [7, 11) is 0. The average molecular weight is 580 g/mol. The van der Waals surface area contributed by atoms with E-state index in [9.17, 15) is 55.9 Å². The minimum absolute atomic E-state index is 0.0689. The lowest BCUT2D eigenvalue weighted by Gasteiger charge is -2.44. The third kappa shape index (κ3) is 5.07. The third-order valence-electron chi connectivity index (χ3n) is 7.17. The van der Waals surface area contributed by atoms with Crippen molar-refractivity contribution in [2.24, 2.45) is 0 Å². The maximum absolute atomic E-state index is 13.1. The number of aromatic hydroxyl groups is 4. The second-order valence-electron chi connectivity index (χ2n) is 9.82. The molecule has 2 saturated heterocycles. The van der Waals surface area contributed by atoms with E-state index >= 15 is 0 Å². The van der Waals surface area contributed by atoms with Gasteiger partial charge in [0, 0.05) is 17.7 Å². The Balaban J connectivity index is 1.55. The molecule has 0 amide bonds. The molecule has 9 atom stereocenters. The number of ether oxygens (including phenoxy) is 3. The molecule has 3 aromatic rings. The zero-order chi connectivity index (χ0) is 29.7. The van der Waals surface area contributed by atoms with Gasteiger partial charge >= 0.3 is 0 Å². The van der Waals surface area contributed by atoms with Crippen molar-refractivity contribution in [3.8, 4) is 34.3 Å². The molecule has 0 bridgehead atoms. The summed E-state index contributed by atoms with van der Waals surface area (Å²) in [4.78, 5) is 13.1. The number of phenolic OH excluding ortho intramolecular Hbond substituents is 4. The lowest BCUT2D eigenvalue weighted by Crippen LogP contribution is -2.61. The monoisotopic (exact) mass is 580 g/mol. The van der Waals surface area contributed by atoms with Gasteiger partial charge in [-0.2, -0.15) is 0 Å². The van der Waals surface area contributed by atoms with Crippen molar-refractivity contribution in [1.29, 1.82) is 0 Å². The number of benzene rings is 2. The SMILES string of the molecule is O=c1cc(-c2ccc(O)c(O)c2)oc2cc(O)c([C@@H]3OC[C@H](O)[C@H](O)[C@H]3O[C@@H]3O[C@H](CO)[C@@H](O)[C@H](O)[C@H]3O)c(O)c12. The Morgan fingerprint density at radius 1 is 0.854 bits per heavy atom. The van der Waals surface area contributed by atoms with Crippen molar-refractivity contribution in [3.05, 3.63) is 46.1 Å². The van der Waals surface area contributed by atoms with Crippen LogP contribution in [0.1, 0.15) is 11.7 Å². The fourth-order valence-electron chi connectivity index (χ4n) is 4.93. The average Bonchev–Trinajstić information content (AvgIpc) is 2.93. The van der Waals surface area contributed by atoms with Gasteiger partial charge in [-0.05, 0) is 18.2 Å². The van der Waals surface area contributed by atoms with Crippen LogP contribution in [-0.2, 0) is 14.2 Å². The molecule has 2 aliphatic rings. The van der Waals surface area contributed by atoms with Gasteiger partial charge in [-0.25, -0.2) is 0 Å². The van der Waals surface area contributed by atoms with Gasteiger partial charge in [0.25, 0.3) is 0 Å². The van der Waals surface area contributed by atoms with E-state index in [-0.39, 0.29) is 16.9 Å². The van der Waals surface area contributed by atoms with Gasteiger partial charge in [-0.3, -0.25) is 4.79 Å². The van der Waals surface area contributed by atoms with E-state index in [0.29, 0.717) is 0 Å². The molecule has 5 rings (SSSR count). The second kappa shape index (κ2) is 11.1. The van der Waals surface area contributed by atoms with Crippen molar-refractivity contribution in [1.82, 2.24) is 0 Å². The number of aliphatic hydroxyl groups is 6. The van der Waals surface area contributed by atoms with E-state index in [2.05, 4.69) is 0 Å². The summed E-state index contributed by atoms with van der Waals surface area (Å²) < 4.78 is 22.2. The van der Waals surface area contributed by atoms with Crippen LogP contribution in [0.5, 0.6) is 23.0 Å². The summed E-state index contributed by atoms with van der Waals surface area (Å²) in [6.45, 7) is -1.27. The first-order chi connectivity index (χ1) is 19.4. The van der Waals surface area contributed by atoms with Gasteiger partial charge in [-0.1, -0.05) is 0 Å². The standard InChI is InChI=1S/C26H28O15/c27-6-16-20(34)22(36)23(37)26(40-16)41-25-19(33)13(32)7-38-24(25)18-12(31)5-15-17(21(18)35)11(30)4-14(39-15)8-1-2-9(28)10(29)3-8/h1-5,13,16,19-20,22-29,31-37H,6-7H2/t13-,16+,19-,20+,22-,23+,24-,25+,26-/m0/s1. The highest BCUT2D eigenvalue weighted by Crippen LogP contribution is 2.45. The first-order valence-corrected chi connectivity index (χ1v) is 12.4. The molecule has 0 aliphatic carbocycles. The molecule has 1 aromatic heterocycles. The lowest BCUT2D eigenvalue weighted by atomic mass is 9.91. The van der Waals surface area contributed by atoms with E-state index in [1.54, 1.807) is 0 Å². The molecule has 2 fully saturated rings. The fraction of sp³-hybridized carbons (Fsp3) is 0.423. The van der Waals surface area contributed by atoms with Crippen LogP contribution in [0.25, 0.3) is 22.3 Å². The van der Waals surface area contributed by atoms with Crippen molar-refractivity contribution >= 4 is 11.0 Å². The summed E-state index contributed by atoms with van der Waals surface area (Å²) in [6.07, 6.45) is -15.1. The molecule has 10 N–H and O–H groups in total. The Morgan fingerprint density at radius 2 is 1.59 bits per heavy atom. The highest BCUT2D eigenvalue weighted by Gasteiger charge is 2.49. The molecule has 0 spiro atoms. The number of fused-ring (bicyclic) bond motifs is 1. The van der Waals surface area contributed by atoms with Crippen LogP contribution >= 0.6 is 0 Å². The molecule has 2 aliphatic heterocycles. The number of hydrogen-bond donors (Lipinski definition) is 10. The summed E-state index contributed by atoms with van der Waals surface area (Å²) >= 11 is 0. The molecule has 222 valence electrons. The van der Waals surface area contributed by atoms with Crippen LogP contribution in [0, 0.1) is 0 Å². The molecular weight excluding hydrogens is 552 g/mol. The molecule has 41 heavy (non-hydrogen) atoms. The number of aliphatic hydroxyl groups excluding tert-OH is 6. The smallest absolute Gasteiger partial charge is 0.197 e. The Labute approximate surface area is 229 Å². The largest absolute Gasteiger partial charge is 0.507 e. The normalized spacial score (nSPS) is 32.3. The molecule has 15 heteroatoms. The predicted molar refractivity (Wildman–Crippen MR) is 134 cm³/mol. The molecule has 0 unspecified atom stereocenters. The predicted octanol–water partition coefficient (Wildman–Crippen LogP) is -1.74. The topological polar surface area (TPSA) is 260 Å². The highest BCUT2D eigenvalue weighted by molar-refractivity contribution is 5.88. The van der Waals surface area contributed by atoms with Crippen LogP contribution < -0.4 is 5.43 Å². The van der Waals surface area contributed by atoms with Gasteiger partial charge in [0.2, 0.25) is 0 Å². The number of phenols is 4.